The van der Waals surface area contributed by atoms with Crippen molar-refractivity contribution < 1.29 is 14.6 Å². The number of nitro groups is 1. The average Bonchev–Trinajstić information content (AvgIpc) is 2.50. The second-order valence-electron chi connectivity index (χ2n) is 5.17. The van der Waals surface area contributed by atoms with E-state index in [0.717, 1.165) is 0 Å². The van der Waals surface area contributed by atoms with Gasteiger partial charge in [0, 0.05) is 0 Å². The Balaban J connectivity index is 2.76. The predicted molar refractivity (Wildman–Crippen MR) is 67.3 cm³/mol. The Morgan fingerprint density at radius 1 is 1.47 bits per heavy atom. The molecule has 106 valence electrons. The average molecular weight is 270 g/mol. The third-order valence-electron chi connectivity index (χ3n) is 2.29. The maximum atomic E-state index is 11.6. The number of rotatable bonds is 4. The molecule has 8 nitrogen and oxygen atoms in total. The highest BCUT2D eigenvalue weighted by molar-refractivity contribution is 5.74. The minimum Gasteiger partial charge on any atom is -0.271 e. The van der Waals surface area contributed by atoms with Gasteiger partial charge in [0.2, 0.25) is 0 Å². The quantitative estimate of drug-likeness (QED) is 0.655. The van der Waals surface area contributed by atoms with Crippen molar-refractivity contribution in [3.8, 4) is 0 Å². The van der Waals surface area contributed by atoms with Gasteiger partial charge in [-0.15, -0.1) is 0 Å². The van der Waals surface area contributed by atoms with Crippen LogP contribution < -0.4 is 5.48 Å². The number of hydrogen-bond donors (Lipinski definition) is 1. The lowest BCUT2D eigenvalue weighted by molar-refractivity contribution is -0.386. The molecule has 0 radical (unpaired) electrons. The van der Waals surface area contributed by atoms with Crippen LogP contribution in [0.5, 0.6) is 0 Å². The van der Waals surface area contributed by atoms with E-state index >= 15 is 0 Å². The topological polar surface area (TPSA) is 99.3 Å². The molecule has 19 heavy (non-hydrogen) atoms. The van der Waals surface area contributed by atoms with Gasteiger partial charge >= 0.3 is 5.69 Å². The molecule has 8 heteroatoms. The summed E-state index contributed by atoms with van der Waals surface area (Å²) in [6.45, 7) is 8.34. The molecule has 0 aliphatic heterocycles. The van der Waals surface area contributed by atoms with Crippen LogP contribution in [0.3, 0.4) is 0 Å². The van der Waals surface area contributed by atoms with Gasteiger partial charge in [0.05, 0.1) is 10.5 Å². The van der Waals surface area contributed by atoms with Crippen molar-refractivity contribution >= 4 is 11.6 Å². The van der Waals surface area contributed by atoms with Crippen molar-refractivity contribution in [2.75, 3.05) is 0 Å². The monoisotopic (exact) mass is 270 g/mol. The van der Waals surface area contributed by atoms with Crippen molar-refractivity contribution in [3.05, 3.63) is 21.5 Å². The summed E-state index contributed by atoms with van der Waals surface area (Å²) in [5.41, 5.74) is 2.34. The van der Waals surface area contributed by atoms with Crippen LogP contribution in [0.25, 0.3) is 0 Å². The van der Waals surface area contributed by atoms with E-state index in [1.807, 2.05) is 0 Å². The van der Waals surface area contributed by atoms with Crippen LogP contribution >= 0.6 is 0 Å². The number of carbonyl (C=O) groups is 1. The van der Waals surface area contributed by atoms with Gasteiger partial charge in [-0.3, -0.25) is 24.4 Å². The molecule has 0 saturated heterocycles. The number of amides is 1. The van der Waals surface area contributed by atoms with E-state index < -0.39 is 16.4 Å². The van der Waals surface area contributed by atoms with Gasteiger partial charge < -0.3 is 0 Å². The number of aromatic nitrogens is 2. The van der Waals surface area contributed by atoms with E-state index in [9.17, 15) is 14.9 Å². The van der Waals surface area contributed by atoms with Crippen molar-refractivity contribution in [3.63, 3.8) is 0 Å². The first-order valence-electron chi connectivity index (χ1n) is 5.77. The van der Waals surface area contributed by atoms with E-state index in [0.29, 0.717) is 5.69 Å². The summed E-state index contributed by atoms with van der Waals surface area (Å²) in [6.07, 6.45) is 0. The van der Waals surface area contributed by atoms with Gasteiger partial charge in [-0.1, -0.05) is 0 Å². The highest BCUT2D eigenvalue weighted by Crippen LogP contribution is 2.21. The molecule has 0 spiro atoms. The molecule has 0 unspecified atom stereocenters. The molecule has 1 heterocycles. The number of hydroxylamine groups is 1. The summed E-state index contributed by atoms with van der Waals surface area (Å²) in [5.74, 6) is -0.421. The summed E-state index contributed by atoms with van der Waals surface area (Å²) in [7, 11) is 0. The third kappa shape index (κ3) is 4.02. The lowest BCUT2D eigenvalue weighted by Gasteiger charge is -2.18. The number of carbonyl (C=O) groups excluding carboxylic acids is 1. The van der Waals surface area contributed by atoms with Crippen LogP contribution in [-0.4, -0.2) is 26.2 Å². The molecule has 1 aromatic rings. The molecule has 1 N–H and O–H groups in total. The van der Waals surface area contributed by atoms with E-state index in [4.69, 9.17) is 4.84 Å². The van der Waals surface area contributed by atoms with Gasteiger partial charge in [0.25, 0.3) is 5.91 Å². The van der Waals surface area contributed by atoms with E-state index in [1.54, 1.807) is 27.7 Å². The zero-order valence-electron chi connectivity index (χ0n) is 11.7. The fourth-order valence-corrected chi connectivity index (χ4v) is 1.48. The Bertz CT molecular complexity index is 502. The van der Waals surface area contributed by atoms with Crippen LogP contribution in [0.15, 0.2) is 0 Å². The van der Waals surface area contributed by atoms with E-state index in [-0.39, 0.29) is 17.9 Å². The van der Waals surface area contributed by atoms with Crippen molar-refractivity contribution in [2.45, 2.75) is 46.8 Å². The van der Waals surface area contributed by atoms with Crippen LogP contribution in [0.1, 0.15) is 32.2 Å². The maximum absolute atomic E-state index is 11.6. The molecular formula is C11H18N4O4. The van der Waals surface area contributed by atoms with Crippen molar-refractivity contribution in [1.29, 1.82) is 0 Å². The van der Waals surface area contributed by atoms with Crippen LogP contribution in [0, 0.1) is 24.0 Å². The van der Waals surface area contributed by atoms with Crippen molar-refractivity contribution in [2.24, 2.45) is 0 Å². The minimum atomic E-state index is -0.503. The summed E-state index contributed by atoms with van der Waals surface area (Å²) in [6, 6.07) is 0. The minimum absolute atomic E-state index is 0.0652. The molecule has 0 saturated carbocycles. The molecule has 0 aliphatic rings. The zero-order chi connectivity index (χ0) is 14.8. The molecule has 0 atom stereocenters. The first kappa shape index (κ1) is 15.1. The molecule has 1 rings (SSSR count). The molecule has 0 bridgehead atoms. The molecule has 1 aromatic heterocycles. The Morgan fingerprint density at radius 2 is 2.05 bits per heavy atom. The summed E-state index contributed by atoms with van der Waals surface area (Å²) >= 11 is 0. The van der Waals surface area contributed by atoms with Gasteiger partial charge in [-0.05, 0) is 34.6 Å². The van der Waals surface area contributed by atoms with Gasteiger partial charge in [0.15, 0.2) is 0 Å². The molecule has 0 aromatic carbocycles. The van der Waals surface area contributed by atoms with Crippen LogP contribution in [0.2, 0.25) is 0 Å². The number of aryl methyl sites for hydroxylation is 1. The largest absolute Gasteiger partial charge is 0.312 e. The number of nitrogens with one attached hydrogen (secondary N) is 1. The van der Waals surface area contributed by atoms with E-state index in [2.05, 4.69) is 10.6 Å². The van der Waals surface area contributed by atoms with Gasteiger partial charge in [0.1, 0.15) is 17.9 Å². The van der Waals surface area contributed by atoms with Crippen LogP contribution in [-0.2, 0) is 16.2 Å². The lowest BCUT2D eigenvalue weighted by atomic mass is 10.2. The highest BCUT2D eigenvalue weighted by atomic mass is 16.7. The molecular weight excluding hydrogens is 252 g/mol. The zero-order valence-corrected chi connectivity index (χ0v) is 11.7. The standard InChI is InChI=1S/C11H18N4O4/c1-7-10(15(17)18)8(2)14(12-7)6-9(16)13-19-11(3,4)5/h6H2,1-5H3,(H,13,16). The summed E-state index contributed by atoms with van der Waals surface area (Å²) in [5, 5.41) is 14.8. The first-order valence-corrected chi connectivity index (χ1v) is 5.77. The Hall–Kier alpha value is -1.96. The number of hydrogen-bond acceptors (Lipinski definition) is 5. The summed E-state index contributed by atoms with van der Waals surface area (Å²) < 4.78 is 1.29. The fraction of sp³-hybridized carbons (Fsp3) is 0.636. The summed E-state index contributed by atoms with van der Waals surface area (Å²) in [4.78, 5) is 27.1. The van der Waals surface area contributed by atoms with Crippen molar-refractivity contribution in [1.82, 2.24) is 15.3 Å². The van der Waals surface area contributed by atoms with E-state index in [1.165, 1.54) is 11.6 Å². The van der Waals surface area contributed by atoms with Crippen LogP contribution in [0.4, 0.5) is 5.69 Å². The normalized spacial score (nSPS) is 11.4. The maximum Gasteiger partial charge on any atom is 0.312 e. The first-order chi connectivity index (χ1) is 8.61. The molecule has 0 aliphatic carbocycles. The highest BCUT2D eigenvalue weighted by Gasteiger charge is 2.23. The second-order valence-corrected chi connectivity index (χ2v) is 5.17. The Labute approximate surface area is 110 Å². The second kappa shape index (κ2) is 5.35. The Kier molecular flexibility index (Phi) is 4.25. The number of nitrogens with zero attached hydrogens (tertiary/aromatic N) is 3. The fourth-order valence-electron chi connectivity index (χ4n) is 1.48. The van der Waals surface area contributed by atoms with Gasteiger partial charge in [-0.25, -0.2) is 5.48 Å². The Morgan fingerprint density at radius 3 is 2.47 bits per heavy atom. The lowest BCUT2D eigenvalue weighted by Crippen LogP contribution is -2.35. The third-order valence-corrected chi connectivity index (χ3v) is 2.29. The van der Waals surface area contributed by atoms with Gasteiger partial charge in [-0.2, -0.15) is 5.10 Å². The SMILES string of the molecule is Cc1nn(CC(=O)NOC(C)(C)C)c(C)c1[N+](=O)[O-]. The molecule has 1 amide bonds. The smallest absolute Gasteiger partial charge is 0.271 e. The molecule has 0 fully saturated rings. The predicted octanol–water partition coefficient (Wildman–Crippen LogP) is 1.25.